The lowest BCUT2D eigenvalue weighted by Gasteiger charge is -2.24. The van der Waals surface area contributed by atoms with Gasteiger partial charge in [-0.2, -0.15) is 0 Å². The number of nitrogens with one attached hydrogen (secondary N) is 1. The minimum atomic E-state index is 0.0428. The Balaban J connectivity index is 2.30. The number of hydrogen-bond donors (Lipinski definition) is 2. The fraction of sp³-hybridized carbons (Fsp3) is 0.611. The third-order valence-corrected chi connectivity index (χ3v) is 3.85. The molecule has 0 aliphatic rings. The second-order valence-electron chi connectivity index (χ2n) is 6.44. The Kier molecular flexibility index (Phi) is 7.44. The van der Waals surface area contributed by atoms with E-state index in [0.717, 1.165) is 25.7 Å². The van der Waals surface area contributed by atoms with Gasteiger partial charge in [-0.15, -0.1) is 0 Å². The van der Waals surface area contributed by atoms with Gasteiger partial charge in [-0.25, -0.2) is 0 Å². The van der Waals surface area contributed by atoms with E-state index >= 15 is 0 Å². The third kappa shape index (κ3) is 7.28. The first-order chi connectivity index (χ1) is 9.96. The van der Waals surface area contributed by atoms with Gasteiger partial charge in [-0.05, 0) is 42.2 Å². The summed E-state index contributed by atoms with van der Waals surface area (Å²) >= 11 is 0. The van der Waals surface area contributed by atoms with E-state index < -0.39 is 0 Å². The second-order valence-corrected chi connectivity index (χ2v) is 6.44. The monoisotopic (exact) mass is 291 g/mol. The summed E-state index contributed by atoms with van der Waals surface area (Å²) in [7, 11) is 0. The van der Waals surface area contributed by atoms with Crippen LogP contribution in [0.1, 0.15) is 51.2 Å². The predicted molar refractivity (Wildman–Crippen MR) is 87.3 cm³/mol. The van der Waals surface area contributed by atoms with Crippen molar-refractivity contribution in [2.24, 2.45) is 5.41 Å². The molecule has 0 fully saturated rings. The quantitative estimate of drug-likeness (QED) is 0.734. The molecule has 21 heavy (non-hydrogen) atoms. The molecule has 0 bridgehead atoms. The normalized spacial score (nSPS) is 11.4. The molecule has 1 aromatic carbocycles. The molecule has 2 N–H and O–H groups in total. The lowest BCUT2D eigenvalue weighted by molar-refractivity contribution is -0.121. The maximum absolute atomic E-state index is 11.9. The molecule has 0 heterocycles. The molecule has 118 valence electrons. The van der Waals surface area contributed by atoms with Crippen molar-refractivity contribution in [2.45, 2.75) is 52.9 Å². The predicted octanol–water partition coefficient (Wildman–Crippen LogP) is 3.10. The van der Waals surface area contributed by atoms with Crippen LogP contribution >= 0.6 is 0 Å². The summed E-state index contributed by atoms with van der Waals surface area (Å²) in [5, 5.41) is 11.9. The van der Waals surface area contributed by atoms with Crippen LogP contribution in [-0.2, 0) is 17.6 Å². The fourth-order valence-electron chi connectivity index (χ4n) is 2.27. The maximum Gasteiger partial charge on any atom is 0.220 e. The number of aliphatic hydroxyl groups is 1. The topological polar surface area (TPSA) is 49.3 Å². The molecule has 3 heteroatoms. The van der Waals surface area contributed by atoms with Gasteiger partial charge in [0.1, 0.15) is 0 Å². The molecule has 0 unspecified atom stereocenters. The van der Waals surface area contributed by atoms with Crippen molar-refractivity contribution in [1.29, 1.82) is 0 Å². The van der Waals surface area contributed by atoms with Gasteiger partial charge < -0.3 is 10.4 Å². The summed E-state index contributed by atoms with van der Waals surface area (Å²) in [6, 6.07) is 8.48. The van der Waals surface area contributed by atoms with E-state index in [4.69, 9.17) is 5.11 Å². The average Bonchev–Trinajstić information content (AvgIpc) is 2.49. The smallest absolute Gasteiger partial charge is 0.220 e. The highest BCUT2D eigenvalue weighted by Crippen LogP contribution is 2.20. The first-order valence-electron chi connectivity index (χ1n) is 7.92. The zero-order valence-electron chi connectivity index (χ0n) is 13.6. The van der Waals surface area contributed by atoms with Gasteiger partial charge in [0.05, 0.1) is 0 Å². The SMILES string of the molecule is CCc1ccc(CCC(=O)NCC(C)(C)CCCO)cc1. The zero-order chi connectivity index (χ0) is 15.7. The number of aryl methyl sites for hydroxylation is 2. The molecule has 1 aromatic rings. The lowest BCUT2D eigenvalue weighted by Crippen LogP contribution is -2.34. The van der Waals surface area contributed by atoms with Crippen molar-refractivity contribution in [1.82, 2.24) is 5.32 Å². The van der Waals surface area contributed by atoms with Gasteiger partial charge in [0, 0.05) is 19.6 Å². The Bertz CT molecular complexity index is 423. The molecule has 0 aliphatic heterocycles. The van der Waals surface area contributed by atoms with Crippen molar-refractivity contribution in [2.75, 3.05) is 13.2 Å². The third-order valence-electron chi connectivity index (χ3n) is 3.85. The lowest BCUT2D eigenvalue weighted by atomic mass is 9.88. The molecule has 0 aromatic heterocycles. The highest BCUT2D eigenvalue weighted by molar-refractivity contribution is 5.76. The zero-order valence-corrected chi connectivity index (χ0v) is 13.6. The number of aliphatic hydroxyl groups excluding tert-OH is 1. The average molecular weight is 291 g/mol. The Hall–Kier alpha value is -1.35. The summed E-state index contributed by atoms with van der Waals surface area (Å²) in [5.74, 6) is 0.103. The van der Waals surface area contributed by atoms with E-state index in [1.807, 2.05) is 0 Å². The first-order valence-corrected chi connectivity index (χ1v) is 7.92. The highest BCUT2D eigenvalue weighted by Gasteiger charge is 2.18. The van der Waals surface area contributed by atoms with Crippen LogP contribution in [0.2, 0.25) is 0 Å². The summed E-state index contributed by atoms with van der Waals surface area (Å²) in [4.78, 5) is 11.9. The van der Waals surface area contributed by atoms with Crippen molar-refractivity contribution in [3.8, 4) is 0 Å². The molecule has 0 aliphatic carbocycles. The molecule has 0 saturated carbocycles. The number of amides is 1. The van der Waals surface area contributed by atoms with E-state index in [-0.39, 0.29) is 17.9 Å². The summed E-state index contributed by atoms with van der Waals surface area (Å²) in [6.07, 6.45) is 4.06. The number of carbonyl (C=O) groups is 1. The minimum Gasteiger partial charge on any atom is -0.396 e. The molecule has 0 atom stereocenters. The van der Waals surface area contributed by atoms with Crippen LogP contribution in [0, 0.1) is 5.41 Å². The molecular formula is C18H29NO2. The van der Waals surface area contributed by atoms with E-state index in [1.54, 1.807) is 0 Å². The van der Waals surface area contributed by atoms with Gasteiger partial charge in [-0.1, -0.05) is 45.0 Å². The van der Waals surface area contributed by atoms with Crippen LogP contribution < -0.4 is 5.32 Å². The van der Waals surface area contributed by atoms with Crippen molar-refractivity contribution >= 4 is 5.91 Å². The van der Waals surface area contributed by atoms with Gasteiger partial charge >= 0.3 is 0 Å². The van der Waals surface area contributed by atoms with Gasteiger partial charge in [0.15, 0.2) is 0 Å². The summed E-state index contributed by atoms with van der Waals surface area (Å²) in [6.45, 7) is 7.26. The Labute approximate surface area is 128 Å². The molecule has 0 spiro atoms. The molecular weight excluding hydrogens is 262 g/mol. The summed E-state index contributed by atoms with van der Waals surface area (Å²) in [5.41, 5.74) is 2.58. The standard InChI is InChI=1S/C18H29NO2/c1-4-15-6-8-16(9-7-15)10-11-17(21)19-14-18(2,3)12-5-13-20/h6-9,20H,4-5,10-14H2,1-3H3,(H,19,21). The number of rotatable bonds is 9. The van der Waals surface area contributed by atoms with Crippen molar-refractivity contribution < 1.29 is 9.90 Å². The number of benzene rings is 1. The molecule has 3 nitrogen and oxygen atoms in total. The Morgan fingerprint density at radius 3 is 2.38 bits per heavy atom. The largest absolute Gasteiger partial charge is 0.396 e. The van der Waals surface area contributed by atoms with Gasteiger partial charge in [-0.3, -0.25) is 4.79 Å². The van der Waals surface area contributed by atoms with E-state index in [2.05, 4.69) is 50.4 Å². The number of carbonyl (C=O) groups excluding carboxylic acids is 1. The minimum absolute atomic E-state index is 0.0428. The van der Waals surface area contributed by atoms with Crippen molar-refractivity contribution in [3.63, 3.8) is 0 Å². The Morgan fingerprint density at radius 2 is 1.81 bits per heavy atom. The maximum atomic E-state index is 11.9. The highest BCUT2D eigenvalue weighted by atomic mass is 16.2. The molecule has 0 saturated heterocycles. The Morgan fingerprint density at radius 1 is 1.19 bits per heavy atom. The van der Waals surface area contributed by atoms with E-state index in [1.165, 1.54) is 11.1 Å². The van der Waals surface area contributed by atoms with Crippen molar-refractivity contribution in [3.05, 3.63) is 35.4 Å². The molecule has 0 radical (unpaired) electrons. The second kappa shape index (κ2) is 8.83. The van der Waals surface area contributed by atoms with Gasteiger partial charge in [0.2, 0.25) is 5.91 Å². The first kappa shape index (κ1) is 17.7. The van der Waals surface area contributed by atoms with Crippen LogP contribution in [0.4, 0.5) is 0 Å². The number of hydrogen-bond acceptors (Lipinski definition) is 2. The van der Waals surface area contributed by atoms with E-state index in [9.17, 15) is 4.79 Å². The van der Waals surface area contributed by atoms with Crippen LogP contribution in [0.15, 0.2) is 24.3 Å². The van der Waals surface area contributed by atoms with Gasteiger partial charge in [0.25, 0.3) is 0 Å². The summed E-state index contributed by atoms with van der Waals surface area (Å²) < 4.78 is 0. The van der Waals surface area contributed by atoms with Crippen LogP contribution in [0.5, 0.6) is 0 Å². The fourth-order valence-corrected chi connectivity index (χ4v) is 2.27. The van der Waals surface area contributed by atoms with Crippen LogP contribution in [-0.4, -0.2) is 24.2 Å². The molecule has 1 amide bonds. The van der Waals surface area contributed by atoms with Crippen LogP contribution in [0.25, 0.3) is 0 Å². The van der Waals surface area contributed by atoms with E-state index in [0.29, 0.717) is 13.0 Å². The molecule has 1 rings (SSSR count). The van der Waals surface area contributed by atoms with Crippen LogP contribution in [0.3, 0.4) is 0 Å².